The molecule has 0 saturated carbocycles. The number of esters is 2. The Morgan fingerprint density at radius 3 is 1.13 bits per heavy atom. The van der Waals surface area contributed by atoms with Gasteiger partial charge in [0.1, 0.15) is 13.2 Å². The van der Waals surface area contributed by atoms with Crippen molar-refractivity contribution < 1.29 is 68.3 Å². The highest BCUT2D eigenvalue weighted by molar-refractivity contribution is 5.88. The smallest absolute Gasteiger partial charge is 0.335 e. The Morgan fingerprint density at radius 2 is 0.829 bits per heavy atom. The van der Waals surface area contributed by atoms with E-state index in [1.54, 1.807) is 30.9 Å². The minimum atomic E-state index is -1.03. The minimum Gasteiger partial charge on any atom is -0.480 e. The molecule has 0 saturated heterocycles. The number of aromatic carboxylic acids is 1. The number of aliphatic carboxylic acids is 3. The molecule has 3 rings (SSSR count). The lowest BCUT2D eigenvalue weighted by molar-refractivity contribution is -0.143. The van der Waals surface area contributed by atoms with E-state index in [0.29, 0.717) is 54.1 Å². The number of carbonyl (C=O) groups is 8. The van der Waals surface area contributed by atoms with Crippen molar-refractivity contribution in [3.63, 3.8) is 0 Å². The second-order valence-corrected chi connectivity index (χ2v) is 18.6. The molecule has 0 aliphatic heterocycles. The first-order valence-corrected chi connectivity index (χ1v) is 25.6. The number of hydrogen-bond donors (Lipinski definition) is 6. The van der Waals surface area contributed by atoms with Crippen LogP contribution in [0, 0.1) is 5.92 Å². The highest BCUT2D eigenvalue weighted by Gasteiger charge is 2.17. The van der Waals surface area contributed by atoms with E-state index < -0.39 is 35.8 Å². The number of carbonyl (C=O) groups excluding carboxylic acids is 4. The van der Waals surface area contributed by atoms with E-state index in [9.17, 15) is 38.4 Å². The molecule has 0 heterocycles. The van der Waals surface area contributed by atoms with Crippen LogP contribution in [0.25, 0.3) is 0 Å². The number of nitrogens with zero attached hydrogens (tertiary/aromatic N) is 2. The quantitative estimate of drug-likeness (QED) is 0.0216. The van der Waals surface area contributed by atoms with Gasteiger partial charge in [-0.2, -0.15) is 0 Å². The van der Waals surface area contributed by atoms with Gasteiger partial charge in [-0.1, -0.05) is 129 Å². The maximum atomic E-state index is 12.1. The number of carboxylic acids is 4. The molecule has 0 aliphatic carbocycles. The van der Waals surface area contributed by atoms with Gasteiger partial charge in [-0.15, -0.1) is 0 Å². The Morgan fingerprint density at radius 1 is 0.500 bits per heavy atom. The molecule has 6 N–H and O–H groups in total. The molecule has 2 amide bonds. The van der Waals surface area contributed by atoms with Crippen molar-refractivity contribution in [2.75, 3.05) is 52.5 Å². The summed E-state index contributed by atoms with van der Waals surface area (Å²) < 4.78 is 9.71. The van der Waals surface area contributed by atoms with Crippen molar-refractivity contribution in [2.45, 2.75) is 126 Å². The maximum absolute atomic E-state index is 12.1. The lowest BCUT2D eigenvalue weighted by Gasteiger charge is -2.20. The van der Waals surface area contributed by atoms with Gasteiger partial charge in [0.2, 0.25) is 11.8 Å². The fraction of sp³-hybridized carbons (Fsp3) is 0.483. The Balaban J connectivity index is 0.00000103. The number of carboxylic acid groups (broad SMARTS) is 4. The molecule has 4 atom stereocenters. The average molecular weight is 1060 g/mol. The molecule has 0 aromatic heterocycles. The second kappa shape index (κ2) is 38.4. The summed E-state index contributed by atoms with van der Waals surface area (Å²) in [5, 5.41) is 40.7. The molecular formula is C58H84N4O14. The van der Waals surface area contributed by atoms with Crippen LogP contribution in [0.4, 0.5) is 0 Å². The largest absolute Gasteiger partial charge is 0.480 e. The zero-order valence-corrected chi connectivity index (χ0v) is 46.3. The van der Waals surface area contributed by atoms with E-state index in [1.165, 1.54) is 21.6 Å². The lowest BCUT2D eigenvalue weighted by Crippen LogP contribution is -2.40. The number of rotatable bonds is 29. The molecule has 4 unspecified atom stereocenters. The number of ether oxygens (including phenoxy) is 2. The van der Waals surface area contributed by atoms with Gasteiger partial charge in [-0.05, 0) is 97.2 Å². The van der Waals surface area contributed by atoms with Gasteiger partial charge in [0.15, 0.2) is 0 Å². The third-order valence-electron chi connectivity index (χ3n) is 12.0. The molecule has 0 spiro atoms. The molecule has 420 valence electrons. The summed E-state index contributed by atoms with van der Waals surface area (Å²) in [5.74, 6) is -3.74. The van der Waals surface area contributed by atoms with E-state index in [4.69, 9.17) is 29.9 Å². The minimum absolute atomic E-state index is 0.00171. The first kappa shape index (κ1) is 68.8. The third-order valence-corrected chi connectivity index (χ3v) is 12.0. The van der Waals surface area contributed by atoms with Crippen molar-refractivity contribution in [2.24, 2.45) is 5.92 Å². The lowest BCUT2D eigenvalue weighted by atomic mass is 9.97. The summed E-state index contributed by atoms with van der Waals surface area (Å²) in [6, 6.07) is 23.0. The van der Waals surface area contributed by atoms with Gasteiger partial charge in [0, 0.05) is 30.2 Å². The van der Waals surface area contributed by atoms with Crippen molar-refractivity contribution in [1.82, 2.24) is 20.4 Å². The first-order valence-electron chi connectivity index (χ1n) is 25.6. The summed E-state index contributed by atoms with van der Waals surface area (Å²) in [5.41, 5.74) is 6.54. The van der Waals surface area contributed by atoms with Crippen LogP contribution in [0.2, 0.25) is 0 Å². The first-order chi connectivity index (χ1) is 35.8. The fourth-order valence-electron chi connectivity index (χ4n) is 6.51. The maximum Gasteiger partial charge on any atom is 0.335 e. The van der Waals surface area contributed by atoms with Crippen molar-refractivity contribution >= 4 is 47.6 Å². The summed E-state index contributed by atoms with van der Waals surface area (Å²) >= 11 is 0. The Hall–Kier alpha value is -7.18. The van der Waals surface area contributed by atoms with Crippen LogP contribution in [-0.2, 0) is 56.1 Å². The zero-order chi connectivity index (χ0) is 57.9. The molecular weight excluding hydrogens is 977 g/mol. The standard InChI is InChI=1S/C21H30N2O5.C15H21NO4.C11H19NO3.C11H14O2/c1-5-16(4)18-8-6-17(7-9-18)12-23(14-20(25)26)13-19(24)22-10-11-28-21(27)15(2)3;1-3-11(2)13-6-4-12(5-7-13)8-16(9-14(17)18)10-15(19)20;1-5-9(4)10(13)12-6-7-15-11(14)8(2)3;1-3-8(2)9-4-6-10(7-5-9)11(12)13/h6-9,16H,2,5,10-14H2,1,3-4H3,(H,22,24)(H,25,26);4-7,11H,3,8-10H2,1-2H3,(H,17,18)(H,19,20);9H,2,5-7H2,1,3-4H3,(H,12,13);4-8H,3H2,1-2H3,(H,12,13). The fourth-order valence-corrected chi connectivity index (χ4v) is 6.51. The summed E-state index contributed by atoms with van der Waals surface area (Å²) in [4.78, 5) is 91.7. The van der Waals surface area contributed by atoms with Crippen molar-refractivity contribution in [1.29, 1.82) is 0 Å². The molecule has 0 fully saturated rings. The predicted molar refractivity (Wildman–Crippen MR) is 293 cm³/mol. The number of benzene rings is 3. The third kappa shape index (κ3) is 30.9. The number of hydrogen-bond acceptors (Lipinski definition) is 12. The van der Waals surface area contributed by atoms with Crippen molar-refractivity contribution in [3.05, 3.63) is 130 Å². The molecule has 0 radical (unpaired) electrons. The van der Waals surface area contributed by atoms with E-state index in [1.807, 2.05) is 74.5 Å². The van der Waals surface area contributed by atoms with Crippen LogP contribution in [0.15, 0.2) is 97.1 Å². The predicted octanol–water partition coefficient (Wildman–Crippen LogP) is 8.66. The zero-order valence-electron chi connectivity index (χ0n) is 46.3. The normalized spacial score (nSPS) is 12.0. The van der Waals surface area contributed by atoms with E-state index in [0.717, 1.165) is 36.8 Å². The van der Waals surface area contributed by atoms with Crippen LogP contribution in [0.5, 0.6) is 0 Å². The van der Waals surface area contributed by atoms with Gasteiger partial charge < -0.3 is 40.5 Å². The second-order valence-electron chi connectivity index (χ2n) is 18.6. The SMILES string of the molecule is C=C(C)C(=O)OCCNC(=O)C(C)CC.C=C(C)C(=O)OCCNC(=O)CN(CC(=O)O)Cc1ccc(C(C)CC)cc1.CCC(C)c1ccc(C(=O)O)cc1.CCC(C)c1ccc(CN(CC(=O)O)CC(=O)O)cc1. The molecule has 3 aromatic rings. The van der Waals surface area contributed by atoms with Crippen LogP contribution < -0.4 is 10.6 Å². The van der Waals surface area contributed by atoms with Gasteiger partial charge >= 0.3 is 35.8 Å². The monoisotopic (exact) mass is 1060 g/mol. The molecule has 0 aliphatic rings. The van der Waals surface area contributed by atoms with Gasteiger partial charge in [0.25, 0.3) is 0 Å². The Labute approximate surface area is 449 Å². The van der Waals surface area contributed by atoms with E-state index in [2.05, 4.69) is 65.3 Å². The Kier molecular flexibility index (Phi) is 34.8. The van der Waals surface area contributed by atoms with Crippen LogP contribution in [0.3, 0.4) is 0 Å². The molecule has 18 heteroatoms. The summed E-state index contributed by atoms with van der Waals surface area (Å²) in [6.07, 6.45) is 3.99. The highest BCUT2D eigenvalue weighted by Crippen LogP contribution is 2.21. The van der Waals surface area contributed by atoms with Gasteiger partial charge in [-0.3, -0.25) is 33.8 Å². The molecule has 0 bridgehead atoms. The van der Waals surface area contributed by atoms with E-state index in [-0.39, 0.29) is 63.7 Å². The molecule has 18 nitrogen and oxygen atoms in total. The summed E-state index contributed by atoms with van der Waals surface area (Å²) in [7, 11) is 0. The topological polar surface area (TPSA) is 266 Å². The van der Waals surface area contributed by atoms with Crippen LogP contribution >= 0.6 is 0 Å². The van der Waals surface area contributed by atoms with Crippen LogP contribution in [-0.4, -0.2) is 130 Å². The average Bonchev–Trinajstić information content (AvgIpc) is 3.37. The number of amides is 2. The van der Waals surface area contributed by atoms with Gasteiger partial charge in [-0.25, -0.2) is 14.4 Å². The highest BCUT2D eigenvalue weighted by atomic mass is 16.5. The van der Waals surface area contributed by atoms with Gasteiger partial charge in [0.05, 0.1) is 44.8 Å². The van der Waals surface area contributed by atoms with Crippen LogP contribution in [0.1, 0.15) is 151 Å². The summed E-state index contributed by atoms with van der Waals surface area (Å²) in [6.45, 7) is 27.2. The molecule has 3 aromatic carbocycles. The Bertz CT molecular complexity index is 2280. The molecule has 76 heavy (non-hydrogen) atoms. The van der Waals surface area contributed by atoms with E-state index >= 15 is 0 Å². The van der Waals surface area contributed by atoms with Crippen molar-refractivity contribution in [3.8, 4) is 0 Å². The number of nitrogens with one attached hydrogen (secondary N) is 2.